The predicted octanol–water partition coefficient (Wildman–Crippen LogP) is 7.19. The SMILES string of the molecule is CCN(CC)c1ccc(/C=C/C(=C2/C(=O)N(c3ccccc3)N=C2C)c2ccc(Br)cc2)cc1. The Morgan fingerprint density at radius 3 is 2.21 bits per heavy atom. The maximum absolute atomic E-state index is 13.5. The maximum Gasteiger partial charge on any atom is 0.281 e. The van der Waals surface area contributed by atoms with E-state index in [4.69, 9.17) is 0 Å². The van der Waals surface area contributed by atoms with Crippen molar-refractivity contribution < 1.29 is 4.79 Å². The molecule has 3 aromatic rings. The van der Waals surface area contributed by atoms with Gasteiger partial charge in [0.05, 0.1) is 17.0 Å². The molecule has 5 heteroatoms. The van der Waals surface area contributed by atoms with Gasteiger partial charge in [0, 0.05) is 23.2 Å². The van der Waals surface area contributed by atoms with Gasteiger partial charge in [-0.2, -0.15) is 10.1 Å². The Labute approximate surface area is 210 Å². The van der Waals surface area contributed by atoms with Gasteiger partial charge in [0.1, 0.15) is 0 Å². The molecule has 0 bridgehead atoms. The normalized spacial score (nSPS) is 15.1. The quantitative estimate of drug-likeness (QED) is 0.313. The number of amides is 1. The van der Waals surface area contributed by atoms with Crippen LogP contribution >= 0.6 is 15.9 Å². The number of nitrogens with zero attached hydrogens (tertiary/aromatic N) is 3. The van der Waals surface area contributed by atoms with Crippen molar-refractivity contribution in [3.8, 4) is 0 Å². The highest BCUT2D eigenvalue weighted by atomic mass is 79.9. The first-order valence-electron chi connectivity index (χ1n) is 11.5. The Morgan fingerprint density at radius 2 is 1.59 bits per heavy atom. The van der Waals surface area contributed by atoms with Gasteiger partial charge in [-0.05, 0) is 73.9 Å². The van der Waals surface area contributed by atoms with E-state index in [2.05, 4.69) is 70.1 Å². The Balaban J connectivity index is 1.74. The van der Waals surface area contributed by atoms with Gasteiger partial charge in [-0.1, -0.05) is 70.5 Å². The summed E-state index contributed by atoms with van der Waals surface area (Å²) in [5, 5.41) is 6.07. The number of rotatable bonds is 7. The summed E-state index contributed by atoms with van der Waals surface area (Å²) in [4.78, 5) is 15.8. The van der Waals surface area contributed by atoms with Gasteiger partial charge in [-0.25, -0.2) is 0 Å². The van der Waals surface area contributed by atoms with Crippen LogP contribution in [0.15, 0.2) is 100 Å². The molecule has 4 nitrogen and oxygen atoms in total. The molecule has 4 rings (SSSR count). The van der Waals surface area contributed by atoms with Crippen LogP contribution < -0.4 is 9.91 Å². The number of carbonyl (C=O) groups is 1. The minimum atomic E-state index is -0.122. The second-order valence-corrected chi connectivity index (χ2v) is 8.95. The van der Waals surface area contributed by atoms with E-state index in [0.717, 1.165) is 39.9 Å². The number of hydrogen-bond acceptors (Lipinski definition) is 3. The summed E-state index contributed by atoms with van der Waals surface area (Å²) in [5.74, 6) is -0.122. The minimum absolute atomic E-state index is 0.122. The van der Waals surface area contributed by atoms with Gasteiger partial charge >= 0.3 is 0 Å². The molecular formula is C29H28BrN3O. The number of allylic oxidation sites excluding steroid dienone is 2. The minimum Gasteiger partial charge on any atom is -0.372 e. The van der Waals surface area contributed by atoms with Crippen LogP contribution in [-0.2, 0) is 4.79 Å². The van der Waals surface area contributed by atoms with Crippen molar-refractivity contribution in [3.05, 3.63) is 106 Å². The van der Waals surface area contributed by atoms with Crippen molar-refractivity contribution in [2.75, 3.05) is 23.0 Å². The highest BCUT2D eigenvalue weighted by Gasteiger charge is 2.31. The number of hydrazone groups is 1. The van der Waals surface area contributed by atoms with Crippen molar-refractivity contribution >= 4 is 50.6 Å². The third-order valence-corrected chi connectivity index (χ3v) is 6.44. The monoisotopic (exact) mass is 513 g/mol. The molecule has 0 N–H and O–H groups in total. The zero-order valence-corrected chi connectivity index (χ0v) is 21.3. The zero-order valence-electron chi connectivity index (χ0n) is 19.7. The van der Waals surface area contributed by atoms with Crippen molar-refractivity contribution in [2.45, 2.75) is 20.8 Å². The van der Waals surface area contributed by atoms with Crippen LogP contribution in [0, 0.1) is 0 Å². The fraction of sp³-hybridized carbons (Fsp3) is 0.172. The third kappa shape index (κ3) is 5.05. The standard InChI is InChI=1S/C29H28BrN3O/c1-4-32(5-2)25-18-11-22(12-19-25)13-20-27(23-14-16-24(30)17-15-23)28-21(3)31-33(29(28)34)26-9-7-6-8-10-26/h6-20H,4-5H2,1-3H3/b20-13+,28-27-. The molecule has 34 heavy (non-hydrogen) atoms. The fourth-order valence-corrected chi connectivity index (χ4v) is 4.34. The summed E-state index contributed by atoms with van der Waals surface area (Å²) in [6, 6.07) is 26.1. The van der Waals surface area contributed by atoms with E-state index >= 15 is 0 Å². The summed E-state index contributed by atoms with van der Waals surface area (Å²) in [7, 11) is 0. The molecule has 0 saturated heterocycles. The number of halogens is 1. The van der Waals surface area contributed by atoms with Gasteiger partial charge in [0.15, 0.2) is 0 Å². The van der Waals surface area contributed by atoms with Gasteiger partial charge in [0.25, 0.3) is 5.91 Å². The molecule has 0 aromatic heterocycles. The maximum atomic E-state index is 13.5. The summed E-state index contributed by atoms with van der Waals surface area (Å²) in [5.41, 5.74) is 6.17. The van der Waals surface area contributed by atoms with Crippen LogP contribution in [0.25, 0.3) is 11.6 Å². The van der Waals surface area contributed by atoms with Crippen molar-refractivity contribution in [2.24, 2.45) is 5.10 Å². The van der Waals surface area contributed by atoms with Crippen LogP contribution in [0.4, 0.5) is 11.4 Å². The fourth-order valence-electron chi connectivity index (χ4n) is 4.08. The Kier molecular flexibility index (Phi) is 7.43. The number of carbonyl (C=O) groups excluding carboxylic acids is 1. The molecule has 0 spiro atoms. The molecule has 0 unspecified atom stereocenters. The van der Waals surface area contributed by atoms with Crippen LogP contribution in [0.3, 0.4) is 0 Å². The third-order valence-electron chi connectivity index (χ3n) is 5.91. The summed E-state index contributed by atoms with van der Waals surface area (Å²) in [6.07, 6.45) is 4.08. The van der Waals surface area contributed by atoms with E-state index in [1.54, 1.807) is 0 Å². The lowest BCUT2D eigenvalue weighted by Gasteiger charge is -2.20. The van der Waals surface area contributed by atoms with E-state index in [1.165, 1.54) is 10.7 Å². The smallest absolute Gasteiger partial charge is 0.281 e. The Hall–Kier alpha value is -3.44. The molecule has 1 amide bonds. The molecule has 0 radical (unpaired) electrons. The number of anilines is 2. The number of benzene rings is 3. The lowest BCUT2D eigenvalue weighted by molar-refractivity contribution is -0.114. The first-order valence-corrected chi connectivity index (χ1v) is 12.3. The topological polar surface area (TPSA) is 35.9 Å². The zero-order chi connectivity index (χ0) is 24.1. The molecule has 172 valence electrons. The van der Waals surface area contributed by atoms with Crippen LogP contribution in [0.1, 0.15) is 31.9 Å². The van der Waals surface area contributed by atoms with Gasteiger partial charge in [-0.15, -0.1) is 0 Å². The molecule has 1 aliphatic rings. The molecule has 0 atom stereocenters. The molecular weight excluding hydrogens is 486 g/mol. The van der Waals surface area contributed by atoms with E-state index in [-0.39, 0.29) is 5.91 Å². The van der Waals surface area contributed by atoms with E-state index in [0.29, 0.717) is 11.3 Å². The van der Waals surface area contributed by atoms with Crippen molar-refractivity contribution in [1.82, 2.24) is 0 Å². The van der Waals surface area contributed by atoms with E-state index < -0.39 is 0 Å². The molecule has 1 heterocycles. The molecule has 0 saturated carbocycles. The first kappa shape index (κ1) is 23.7. The summed E-state index contributed by atoms with van der Waals surface area (Å²) >= 11 is 3.51. The largest absolute Gasteiger partial charge is 0.372 e. The molecule has 0 fully saturated rings. The van der Waals surface area contributed by atoms with Gasteiger partial charge in [0.2, 0.25) is 0 Å². The van der Waals surface area contributed by atoms with E-state index in [1.807, 2.05) is 67.6 Å². The Morgan fingerprint density at radius 1 is 0.941 bits per heavy atom. The average Bonchev–Trinajstić information content (AvgIpc) is 3.16. The van der Waals surface area contributed by atoms with Gasteiger partial charge in [-0.3, -0.25) is 4.79 Å². The lowest BCUT2D eigenvalue weighted by atomic mass is 9.96. The highest BCUT2D eigenvalue weighted by molar-refractivity contribution is 9.10. The average molecular weight is 514 g/mol. The van der Waals surface area contributed by atoms with Crippen molar-refractivity contribution in [1.29, 1.82) is 0 Å². The first-order chi connectivity index (χ1) is 16.5. The van der Waals surface area contributed by atoms with Crippen LogP contribution in [0.5, 0.6) is 0 Å². The Bertz CT molecular complexity index is 1240. The molecule has 0 aliphatic carbocycles. The predicted molar refractivity (Wildman–Crippen MR) is 147 cm³/mol. The molecule has 1 aliphatic heterocycles. The number of hydrogen-bond donors (Lipinski definition) is 0. The number of para-hydroxylation sites is 1. The lowest BCUT2D eigenvalue weighted by Crippen LogP contribution is -2.22. The van der Waals surface area contributed by atoms with Crippen LogP contribution in [-0.4, -0.2) is 24.7 Å². The van der Waals surface area contributed by atoms with E-state index in [9.17, 15) is 4.79 Å². The van der Waals surface area contributed by atoms with Crippen LogP contribution in [0.2, 0.25) is 0 Å². The second-order valence-electron chi connectivity index (χ2n) is 8.03. The van der Waals surface area contributed by atoms with Gasteiger partial charge < -0.3 is 4.90 Å². The summed E-state index contributed by atoms with van der Waals surface area (Å²) < 4.78 is 0.991. The molecule has 3 aromatic carbocycles. The second kappa shape index (κ2) is 10.7. The van der Waals surface area contributed by atoms with Crippen molar-refractivity contribution in [3.63, 3.8) is 0 Å². The summed E-state index contributed by atoms with van der Waals surface area (Å²) in [6.45, 7) is 8.17. The highest BCUT2D eigenvalue weighted by Crippen LogP contribution is 2.31.